The number of rotatable bonds is 5. The highest BCUT2D eigenvalue weighted by atomic mass is 16.5. The molecule has 0 bridgehead atoms. The number of aryl methyl sites for hydroxylation is 1. The summed E-state index contributed by atoms with van der Waals surface area (Å²) in [6.45, 7) is 7.85. The minimum Gasteiger partial charge on any atom is -0.481 e. The maximum Gasteiger partial charge on any atom is 0.218 e. The van der Waals surface area contributed by atoms with E-state index in [4.69, 9.17) is 10.5 Å². The standard InChI is InChI=1S/C13H23N5O/c1-11-15-12(10-13(16-11)19-2)18-8-6-17(7-9-18)5-3-4-14/h10H,3-9,14H2,1-2H3. The summed E-state index contributed by atoms with van der Waals surface area (Å²) in [4.78, 5) is 13.4. The zero-order chi connectivity index (χ0) is 13.7. The molecule has 0 saturated carbocycles. The van der Waals surface area contributed by atoms with Crippen molar-refractivity contribution >= 4 is 5.82 Å². The van der Waals surface area contributed by atoms with Gasteiger partial charge in [0.05, 0.1) is 7.11 Å². The number of ether oxygens (including phenoxy) is 1. The molecule has 1 fully saturated rings. The van der Waals surface area contributed by atoms with Gasteiger partial charge in [-0.05, 0) is 26.4 Å². The number of anilines is 1. The number of hydrogen-bond donors (Lipinski definition) is 1. The Morgan fingerprint density at radius 3 is 2.63 bits per heavy atom. The molecular formula is C13H23N5O. The van der Waals surface area contributed by atoms with Gasteiger partial charge in [0.2, 0.25) is 5.88 Å². The second kappa shape index (κ2) is 6.68. The number of hydrogen-bond acceptors (Lipinski definition) is 6. The molecule has 6 heteroatoms. The van der Waals surface area contributed by atoms with E-state index in [1.807, 2.05) is 13.0 Å². The van der Waals surface area contributed by atoms with Crippen LogP contribution in [0.4, 0.5) is 5.82 Å². The highest BCUT2D eigenvalue weighted by Crippen LogP contribution is 2.18. The molecule has 1 aliphatic rings. The third-order valence-corrected chi connectivity index (χ3v) is 3.38. The Bertz CT molecular complexity index is 404. The van der Waals surface area contributed by atoms with Crippen molar-refractivity contribution in [2.75, 3.05) is 51.3 Å². The topological polar surface area (TPSA) is 67.5 Å². The summed E-state index contributed by atoms with van der Waals surface area (Å²) < 4.78 is 5.20. The van der Waals surface area contributed by atoms with Gasteiger partial charge in [-0.3, -0.25) is 4.90 Å². The third kappa shape index (κ3) is 3.78. The molecule has 106 valence electrons. The van der Waals surface area contributed by atoms with Crippen molar-refractivity contribution in [3.63, 3.8) is 0 Å². The van der Waals surface area contributed by atoms with Crippen molar-refractivity contribution in [3.05, 3.63) is 11.9 Å². The van der Waals surface area contributed by atoms with Crippen LogP contribution < -0.4 is 15.4 Å². The summed E-state index contributed by atoms with van der Waals surface area (Å²) in [5.74, 6) is 2.34. The minimum absolute atomic E-state index is 0.632. The molecule has 2 heterocycles. The lowest BCUT2D eigenvalue weighted by atomic mass is 10.3. The van der Waals surface area contributed by atoms with Crippen LogP contribution in [-0.4, -0.2) is 61.2 Å². The highest BCUT2D eigenvalue weighted by molar-refractivity contribution is 5.42. The van der Waals surface area contributed by atoms with Crippen LogP contribution in [0.25, 0.3) is 0 Å². The maximum absolute atomic E-state index is 5.54. The third-order valence-electron chi connectivity index (χ3n) is 3.38. The van der Waals surface area contributed by atoms with Gasteiger partial charge in [-0.25, -0.2) is 4.98 Å². The van der Waals surface area contributed by atoms with Crippen molar-refractivity contribution in [3.8, 4) is 5.88 Å². The first-order chi connectivity index (χ1) is 9.22. The molecule has 0 unspecified atom stereocenters. The van der Waals surface area contributed by atoms with Gasteiger partial charge in [0.25, 0.3) is 0 Å². The van der Waals surface area contributed by atoms with Crippen LogP contribution in [0.1, 0.15) is 12.2 Å². The Morgan fingerprint density at radius 2 is 2.00 bits per heavy atom. The summed E-state index contributed by atoms with van der Waals surface area (Å²) in [5.41, 5.74) is 5.54. The predicted octanol–water partition coefficient (Wildman–Crippen LogP) is 0.264. The SMILES string of the molecule is COc1cc(N2CCN(CCCN)CC2)nc(C)n1. The van der Waals surface area contributed by atoms with E-state index in [-0.39, 0.29) is 0 Å². The van der Waals surface area contributed by atoms with Crippen molar-refractivity contribution in [1.82, 2.24) is 14.9 Å². The number of nitrogens with two attached hydrogens (primary N) is 1. The molecule has 0 atom stereocenters. The van der Waals surface area contributed by atoms with Gasteiger partial charge in [-0.2, -0.15) is 4.98 Å². The fourth-order valence-electron chi connectivity index (χ4n) is 2.31. The summed E-state index contributed by atoms with van der Waals surface area (Å²) in [7, 11) is 1.64. The molecule has 0 spiro atoms. The number of methoxy groups -OCH3 is 1. The fourth-order valence-corrected chi connectivity index (χ4v) is 2.31. The van der Waals surface area contributed by atoms with E-state index in [1.165, 1.54) is 0 Å². The van der Waals surface area contributed by atoms with E-state index >= 15 is 0 Å². The molecule has 2 N–H and O–H groups in total. The van der Waals surface area contributed by atoms with Crippen LogP contribution in [-0.2, 0) is 0 Å². The van der Waals surface area contributed by atoms with Gasteiger partial charge >= 0.3 is 0 Å². The molecule has 6 nitrogen and oxygen atoms in total. The normalized spacial score (nSPS) is 16.7. The zero-order valence-electron chi connectivity index (χ0n) is 11.8. The fraction of sp³-hybridized carbons (Fsp3) is 0.692. The van der Waals surface area contributed by atoms with Crippen LogP contribution in [0, 0.1) is 6.92 Å². The van der Waals surface area contributed by atoms with Crippen molar-refractivity contribution in [1.29, 1.82) is 0 Å². The monoisotopic (exact) mass is 265 g/mol. The molecule has 0 amide bonds. The Morgan fingerprint density at radius 1 is 1.26 bits per heavy atom. The van der Waals surface area contributed by atoms with E-state index in [0.717, 1.165) is 57.3 Å². The van der Waals surface area contributed by atoms with Crippen molar-refractivity contribution in [2.45, 2.75) is 13.3 Å². The lowest BCUT2D eigenvalue weighted by Gasteiger charge is -2.35. The average molecular weight is 265 g/mol. The first-order valence-electron chi connectivity index (χ1n) is 6.80. The summed E-state index contributed by atoms with van der Waals surface area (Å²) in [6, 6.07) is 1.91. The first-order valence-corrected chi connectivity index (χ1v) is 6.80. The van der Waals surface area contributed by atoms with Gasteiger partial charge in [-0.1, -0.05) is 0 Å². The smallest absolute Gasteiger partial charge is 0.218 e. The van der Waals surface area contributed by atoms with Crippen molar-refractivity contribution in [2.24, 2.45) is 5.73 Å². The molecule has 1 saturated heterocycles. The summed E-state index contributed by atoms with van der Waals surface area (Å²) in [5, 5.41) is 0. The van der Waals surface area contributed by atoms with Crippen molar-refractivity contribution < 1.29 is 4.74 Å². The Labute approximate surface area is 114 Å². The van der Waals surface area contributed by atoms with E-state index in [2.05, 4.69) is 19.8 Å². The molecular weight excluding hydrogens is 242 g/mol. The average Bonchev–Trinajstić information content (AvgIpc) is 2.45. The van der Waals surface area contributed by atoms with Gasteiger partial charge in [0.1, 0.15) is 11.6 Å². The quantitative estimate of drug-likeness (QED) is 0.824. The predicted molar refractivity (Wildman–Crippen MR) is 75.6 cm³/mol. The highest BCUT2D eigenvalue weighted by Gasteiger charge is 2.18. The second-order valence-corrected chi connectivity index (χ2v) is 4.79. The van der Waals surface area contributed by atoms with Gasteiger partial charge in [0, 0.05) is 32.2 Å². The van der Waals surface area contributed by atoms with Gasteiger partial charge < -0.3 is 15.4 Å². The van der Waals surface area contributed by atoms with Gasteiger partial charge in [0.15, 0.2) is 0 Å². The molecule has 19 heavy (non-hydrogen) atoms. The largest absolute Gasteiger partial charge is 0.481 e. The Balaban J connectivity index is 1.95. The molecule has 0 radical (unpaired) electrons. The van der Waals surface area contributed by atoms with Crippen LogP contribution in [0.5, 0.6) is 5.88 Å². The van der Waals surface area contributed by atoms with Crippen LogP contribution in [0.15, 0.2) is 6.07 Å². The molecule has 1 aromatic heterocycles. The summed E-state index contributed by atoms with van der Waals surface area (Å²) in [6.07, 6.45) is 1.07. The first kappa shape index (κ1) is 14.0. The lowest BCUT2D eigenvalue weighted by molar-refractivity contribution is 0.255. The van der Waals surface area contributed by atoms with E-state index in [0.29, 0.717) is 5.88 Å². The van der Waals surface area contributed by atoms with Crippen LogP contribution in [0.2, 0.25) is 0 Å². The molecule has 1 aromatic rings. The summed E-state index contributed by atoms with van der Waals surface area (Å²) >= 11 is 0. The molecule has 1 aliphatic heterocycles. The Hall–Kier alpha value is -1.40. The second-order valence-electron chi connectivity index (χ2n) is 4.79. The van der Waals surface area contributed by atoms with Crippen LogP contribution in [0.3, 0.4) is 0 Å². The molecule has 2 rings (SSSR count). The number of piperazine rings is 1. The molecule has 0 aromatic carbocycles. The molecule has 0 aliphatic carbocycles. The van der Waals surface area contributed by atoms with E-state index < -0.39 is 0 Å². The minimum atomic E-state index is 0.632. The maximum atomic E-state index is 5.54. The zero-order valence-corrected chi connectivity index (χ0v) is 11.8. The van der Waals surface area contributed by atoms with Crippen LogP contribution >= 0.6 is 0 Å². The van der Waals surface area contributed by atoms with E-state index in [1.54, 1.807) is 7.11 Å². The Kier molecular flexibility index (Phi) is 4.93. The van der Waals surface area contributed by atoms with E-state index in [9.17, 15) is 0 Å². The van der Waals surface area contributed by atoms with Gasteiger partial charge in [-0.15, -0.1) is 0 Å². The number of nitrogens with zero attached hydrogens (tertiary/aromatic N) is 4. The number of aromatic nitrogens is 2. The lowest BCUT2D eigenvalue weighted by Crippen LogP contribution is -2.47.